The highest BCUT2D eigenvalue weighted by Gasteiger charge is 2.22. The molecule has 1 heterocycles. The molecular weight excluding hydrogens is 372 g/mol. The number of benzene rings is 3. The predicted molar refractivity (Wildman–Crippen MR) is 124 cm³/mol. The Labute approximate surface area is 178 Å². The van der Waals surface area contributed by atoms with Crippen LogP contribution in [0.4, 0.5) is 17.1 Å². The first-order chi connectivity index (χ1) is 14.6. The van der Waals surface area contributed by atoms with Crippen LogP contribution >= 0.6 is 0 Å². The molecule has 0 aliphatic carbocycles. The first kappa shape index (κ1) is 19.8. The second-order valence-corrected chi connectivity index (χ2v) is 7.73. The standard InChI is InChI=1S/C25H28N4O/c1-27(19-20-8-4-2-5-9-20)24-18-22(12-13-23(24)26)28-14-16-29(17-15-28)25(30)21-10-6-3-7-11-21/h2-13,18H,14-17,19,26H2,1H3. The largest absolute Gasteiger partial charge is 0.397 e. The summed E-state index contributed by atoms with van der Waals surface area (Å²) in [6.45, 7) is 3.85. The normalized spacial score (nSPS) is 13.9. The van der Waals surface area contributed by atoms with Crippen molar-refractivity contribution in [3.63, 3.8) is 0 Å². The number of carbonyl (C=O) groups is 1. The molecule has 2 N–H and O–H groups in total. The van der Waals surface area contributed by atoms with E-state index in [-0.39, 0.29) is 5.91 Å². The van der Waals surface area contributed by atoms with E-state index in [2.05, 4.69) is 53.2 Å². The van der Waals surface area contributed by atoms with Crippen LogP contribution in [-0.4, -0.2) is 44.0 Å². The molecule has 1 amide bonds. The number of anilines is 3. The summed E-state index contributed by atoms with van der Waals surface area (Å²) in [6, 6.07) is 26.1. The second kappa shape index (κ2) is 8.91. The minimum Gasteiger partial charge on any atom is -0.397 e. The molecule has 0 bridgehead atoms. The van der Waals surface area contributed by atoms with Gasteiger partial charge in [-0.05, 0) is 35.9 Å². The van der Waals surface area contributed by atoms with Crippen molar-refractivity contribution >= 4 is 23.0 Å². The van der Waals surface area contributed by atoms with Gasteiger partial charge in [0, 0.05) is 51.0 Å². The number of nitrogens with two attached hydrogens (primary N) is 1. The van der Waals surface area contributed by atoms with Gasteiger partial charge < -0.3 is 20.4 Å². The Balaban J connectivity index is 1.43. The predicted octanol–water partition coefficient (Wildman–Crippen LogP) is 3.87. The summed E-state index contributed by atoms with van der Waals surface area (Å²) < 4.78 is 0. The van der Waals surface area contributed by atoms with Crippen molar-refractivity contribution in [2.45, 2.75) is 6.54 Å². The van der Waals surface area contributed by atoms with Gasteiger partial charge in [-0.15, -0.1) is 0 Å². The zero-order valence-corrected chi connectivity index (χ0v) is 17.4. The Kier molecular flexibility index (Phi) is 5.89. The summed E-state index contributed by atoms with van der Waals surface area (Å²) in [5.74, 6) is 0.107. The number of amides is 1. The van der Waals surface area contributed by atoms with Crippen LogP contribution in [0, 0.1) is 0 Å². The zero-order chi connectivity index (χ0) is 20.9. The van der Waals surface area contributed by atoms with E-state index >= 15 is 0 Å². The maximum Gasteiger partial charge on any atom is 0.253 e. The minimum absolute atomic E-state index is 0.107. The van der Waals surface area contributed by atoms with Gasteiger partial charge in [0.2, 0.25) is 0 Å². The van der Waals surface area contributed by atoms with Crippen LogP contribution in [-0.2, 0) is 6.54 Å². The molecule has 0 aromatic heterocycles. The summed E-state index contributed by atoms with van der Waals surface area (Å²) >= 11 is 0. The topological polar surface area (TPSA) is 52.8 Å². The van der Waals surface area contributed by atoms with E-state index in [0.717, 1.165) is 42.3 Å². The maximum atomic E-state index is 12.7. The monoisotopic (exact) mass is 400 g/mol. The van der Waals surface area contributed by atoms with Crippen LogP contribution < -0.4 is 15.5 Å². The molecule has 0 radical (unpaired) electrons. The summed E-state index contributed by atoms with van der Waals surface area (Å²) in [7, 11) is 2.07. The molecular formula is C25H28N4O. The molecule has 3 aromatic rings. The van der Waals surface area contributed by atoms with Gasteiger partial charge in [0.05, 0.1) is 11.4 Å². The van der Waals surface area contributed by atoms with Crippen molar-refractivity contribution in [1.29, 1.82) is 0 Å². The molecule has 1 fully saturated rings. The molecule has 5 nitrogen and oxygen atoms in total. The van der Waals surface area contributed by atoms with Crippen molar-refractivity contribution in [2.24, 2.45) is 0 Å². The van der Waals surface area contributed by atoms with Crippen LogP contribution in [0.2, 0.25) is 0 Å². The van der Waals surface area contributed by atoms with E-state index in [1.807, 2.05) is 47.4 Å². The average Bonchev–Trinajstić information content (AvgIpc) is 2.80. The van der Waals surface area contributed by atoms with Crippen molar-refractivity contribution in [1.82, 2.24) is 4.90 Å². The smallest absolute Gasteiger partial charge is 0.253 e. The van der Waals surface area contributed by atoms with Crippen LogP contribution in [0.1, 0.15) is 15.9 Å². The quantitative estimate of drug-likeness (QED) is 0.661. The van der Waals surface area contributed by atoms with Crippen molar-refractivity contribution in [3.05, 3.63) is 90.0 Å². The first-order valence-electron chi connectivity index (χ1n) is 10.4. The number of carbonyl (C=O) groups excluding carboxylic acids is 1. The summed E-state index contributed by atoms with van der Waals surface area (Å²) in [5.41, 5.74) is 11.2. The third-order valence-corrected chi connectivity index (χ3v) is 5.64. The van der Waals surface area contributed by atoms with Gasteiger partial charge in [0.15, 0.2) is 0 Å². The molecule has 0 atom stereocenters. The van der Waals surface area contributed by atoms with E-state index in [4.69, 9.17) is 5.73 Å². The lowest BCUT2D eigenvalue weighted by molar-refractivity contribution is 0.0747. The molecule has 3 aromatic carbocycles. The lowest BCUT2D eigenvalue weighted by Gasteiger charge is -2.36. The van der Waals surface area contributed by atoms with Gasteiger partial charge in [0.1, 0.15) is 0 Å². The van der Waals surface area contributed by atoms with Gasteiger partial charge >= 0.3 is 0 Å². The van der Waals surface area contributed by atoms with Crippen molar-refractivity contribution in [2.75, 3.05) is 48.8 Å². The third kappa shape index (κ3) is 4.40. The van der Waals surface area contributed by atoms with Gasteiger partial charge in [-0.2, -0.15) is 0 Å². The number of rotatable bonds is 5. The van der Waals surface area contributed by atoms with Crippen LogP contribution in [0.25, 0.3) is 0 Å². The lowest BCUT2D eigenvalue weighted by atomic mass is 10.1. The van der Waals surface area contributed by atoms with E-state index in [1.165, 1.54) is 5.56 Å². The Morgan fingerprint density at radius 2 is 1.53 bits per heavy atom. The number of piperazine rings is 1. The molecule has 154 valence electrons. The van der Waals surface area contributed by atoms with Gasteiger partial charge in [0.25, 0.3) is 5.91 Å². The van der Waals surface area contributed by atoms with Crippen molar-refractivity contribution in [3.8, 4) is 0 Å². The number of nitrogens with zero attached hydrogens (tertiary/aromatic N) is 3. The Morgan fingerprint density at radius 3 is 2.20 bits per heavy atom. The SMILES string of the molecule is CN(Cc1ccccc1)c1cc(N2CCN(C(=O)c3ccccc3)CC2)ccc1N. The van der Waals surface area contributed by atoms with E-state index in [9.17, 15) is 4.79 Å². The molecule has 0 unspecified atom stereocenters. The fourth-order valence-electron chi connectivity index (χ4n) is 3.93. The Morgan fingerprint density at radius 1 is 0.900 bits per heavy atom. The highest BCUT2D eigenvalue weighted by atomic mass is 16.2. The Hall–Kier alpha value is -3.47. The van der Waals surface area contributed by atoms with Gasteiger partial charge in [-0.1, -0.05) is 48.5 Å². The molecule has 0 spiro atoms. The second-order valence-electron chi connectivity index (χ2n) is 7.73. The number of nitrogen functional groups attached to an aromatic ring is 1. The molecule has 1 aliphatic rings. The third-order valence-electron chi connectivity index (χ3n) is 5.64. The fraction of sp³-hybridized carbons (Fsp3) is 0.240. The van der Waals surface area contributed by atoms with E-state index in [1.54, 1.807) is 0 Å². The molecule has 1 aliphatic heterocycles. The van der Waals surface area contributed by atoms with Gasteiger partial charge in [-0.25, -0.2) is 0 Å². The summed E-state index contributed by atoms with van der Waals surface area (Å²) in [6.07, 6.45) is 0. The highest BCUT2D eigenvalue weighted by Crippen LogP contribution is 2.30. The van der Waals surface area contributed by atoms with E-state index in [0.29, 0.717) is 13.1 Å². The molecule has 4 rings (SSSR count). The molecule has 30 heavy (non-hydrogen) atoms. The summed E-state index contributed by atoms with van der Waals surface area (Å²) in [4.78, 5) is 19.1. The number of hydrogen-bond acceptors (Lipinski definition) is 4. The maximum absolute atomic E-state index is 12.7. The molecule has 5 heteroatoms. The average molecular weight is 401 g/mol. The number of hydrogen-bond donors (Lipinski definition) is 1. The molecule has 0 saturated carbocycles. The Bertz CT molecular complexity index is 983. The van der Waals surface area contributed by atoms with Crippen LogP contribution in [0.3, 0.4) is 0 Å². The highest BCUT2D eigenvalue weighted by molar-refractivity contribution is 5.94. The molecule has 1 saturated heterocycles. The minimum atomic E-state index is 0.107. The van der Waals surface area contributed by atoms with Gasteiger partial charge in [-0.3, -0.25) is 4.79 Å². The summed E-state index contributed by atoms with van der Waals surface area (Å²) in [5, 5.41) is 0. The zero-order valence-electron chi connectivity index (χ0n) is 17.4. The van der Waals surface area contributed by atoms with E-state index < -0.39 is 0 Å². The lowest BCUT2D eigenvalue weighted by Crippen LogP contribution is -2.48. The van der Waals surface area contributed by atoms with Crippen LogP contribution in [0.15, 0.2) is 78.9 Å². The first-order valence-corrected chi connectivity index (χ1v) is 10.4. The van der Waals surface area contributed by atoms with Crippen LogP contribution in [0.5, 0.6) is 0 Å². The fourth-order valence-corrected chi connectivity index (χ4v) is 3.93. The van der Waals surface area contributed by atoms with Crippen molar-refractivity contribution < 1.29 is 4.79 Å².